The van der Waals surface area contributed by atoms with Crippen LogP contribution in [0.1, 0.15) is 0 Å². The maximum atomic E-state index is 10.6. The first-order valence-corrected chi connectivity index (χ1v) is 5.64. The Balaban J connectivity index is 0. The van der Waals surface area contributed by atoms with Crippen LogP contribution in [0, 0.1) is 0 Å². The average Bonchev–Trinajstić information content (AvgIpc) is 2.44. The van der Waals surface area contributed by atoms with Crippen molar-refractivity contribution in [1.29, 1.82) is 0 Å². The molecule has 0 aliphatic heterocycles. The Bertz CT molecular complexity index is 251. The van der Waals surface area contributed by atoms with E-state index in [2.05, 4.69) is 32.1 Å². The van der Waals surface area contributed by atoms with Crippen LogP contribution in [0.4, 0.5) is 9.59 Å². The summed E-state index contributed by atoms with van der Waals surface area (Å²) >= 11 is 0. The summed E-state index contributed by atoms with van der Waals surface area (Å²) in [7, 11) is 0. The van der Waals surface area contributed by atoms with E-state index in [-0.39, 0.29) is 26.4 Å². The smallest absolute Gasteiger partial charge is 0.430 e. The van der Waals surface area contributed by atoms with Crippen molar-refractivity contribution in [3.8, 4) is 0 Å². The predicted octanol–water partition coefficient (Wildman–Crippen LogP) is 0.636. The molecule has 0 aromatic heterocycles. The van der Waals surface area contributed by atoms with Gasteiger partial charge in [0.2, 0.25) is 0 Å². The number of rotatable bonds is 8. The molecule has 0 aliphatic rings. The molecule has 0 unspecified atom stereocenters. The van der Waals surface area contributed by atoms with E-state index in [1.165, 1.54) is 12.2 Å². The molecule has 0 atom stereocenters. The number of aliphatic hydroxyl groups is 2. The zero-order valence-electron chi connectivity index (χ0n) is 11.2. The van der Waals surface area contributed by atoms with Gasteiger partial charge in [-0.05, 0) is 0 Å². The number of hydrogen-bond donors (Lipinski definition) is 2. The summed E-state index contributed by atoms with van der Waals surface area (Å²) < 4.78 is 17.3. The normalized spacial score (nSPS) is 8.70. The molecular weight excluding hydrogens is 272 g/mol. The molecule has 0 aromatic rings. The van der Waals surface area contributed by atoms with Crippen LogP contribution in [0.15, 0.2) is 25.3 Å². The van der Waals surface area contributed by atoms with Crippen LogP contribution in [0.25, 0.3) is 0 Å². The Morgan fingerprint density at radius 1 is 0.900 bits per heavy atom. The van der Waals surface area contributed by atoms with Gasteiger partial charge in [-0.1, -0.05) is 25.3 Å². The van der Waals surface area contributed by atoms with Crippen LogP contribution < -0.4 is 0 Å². The third-order valence-electron chi connectivity index (χ3n) is 1.28. The predicted molar refractivity (Wildman–Crippen MR) is 69.2 cm³/mol. The molecular formula is C12H20O8. The number of ether oxygens (including phenoxy) is 4. The summed E-state index contributed by atoms with van der Waals surface area (Å²) in [6.45, 7) is 7.25. The fourth-order valence-corrected chi connectivity index (χ4v) is 0.612. The highest BCUT2D eigenvalue weighted by atomic mass is 16.8. The van der Waals surface area contributed by atoms with Gasteiger partial charge in [-0.2, -0.15) is 0 Å². The second-order valence-electron chi connectivity index (χ2n) is 2.86. The summed E-state index contributed by atoms with van der Waals surface area (Å²) in [6.07, 6.45) is 0.454. The highest BCUT2D eigenvalue weighted by Crippen LogP contribution is 1.90. The van der Waals surface area contributed by atoms with Gasteiger partial charge in [-0.15, -0.1) is 0 Å². The molecule has 0 aliphatic carbocycles. The molecule has 8 heteroatoms. The van der Waals surface area contributed by atoms with E-state index >= 15 is 0 Å². The molecule has 0 bridgehead atoms. The van der Waals surface area contributed by atoms with Gasteiger partial charge in [0.1, 0.15) is 13.2 Å². The summed E-state index contributed by atoms with van der Waals surface area (Å²) in [6, 6.07) is 0. The van der Waals surface area contributed by atoms with Crippen molar-refractivity contribution < 1.29 is 38.7 Å². The third-order valence-corrected chi connectivity index (χ3v) is 1.28. The zero-order valence-corrected chi connectivity index (χ0v) is 11.2. The van der Waals surface area contributed by atoms with Crippen molar-refractivity contribution in [2.24, 2.45) is 0 Å². The van der Waals surface area contributed by atoms with E-state index in [4.69, 9.17) is 10.2 Å². The maximum Gasteiger partial charge on any atom is 0.518 e. The Labute approximate surface area is 117 Å². The maximum absolute atomic E-state index is 10.6. The molecule has 0 amide bonds. The van der Waals surface area contributed by atoms with Gasteiger partial charge < -0.3 is 29.2 Å². The molecule has 0 aromatic carbocycles. The monoisotopic (exact) mass is 292 g/mol. The summed E-state index contributed by atoms with van der Waals surface area (Å²) in [5.41, 5.74) is 0. The first kappa shape index (κ1) is 20.4. The quantitative estimate of drug-likeness (QED) is 0.290. The number of carbonyl (C=O) groups is 2. The molecule has 20 heavy (non-hydrogen) atoms. The van der Waals surface area contributed by atoms with Crippen molar-refractivity contribution in [1.82, 2.24) is 0 Å². The standard InChI is InChI=1S/C8H10O5.C4H10O3/c1-3-5-11-7(9)13-8(10)12-6-4-2;5-1-3-7-4-2-6/h3-4H,1-2,5-6H2;5-6H,1-4H2. The highest BCUT2D eigenvalue weighted by Gasteiger charge is 2.11. The molecule has 0 saturated heterocycles. The largest absolute Gasteiger partial charge is 0.518 e. The molecule has 0 rings (SSSR count). The molecule has 0 spiro atoms. The lowest BCUT2D eigenvalue weighted by Crippen LogP contribution is -2.15. The van der Waals surface area contributed by atoms with Gasteiger partial charge in [0.25, 0.3) is 0 Å². The van der Waals surface area contributed by atoms with Gasteiger partial charge in [-0.25, -0.2) is 9.59 Å². The third kappa shape index (κ3) is 18.5. The van der Waals surface area contributed by atoms with E-state index in [0.29, 0.717) is 13.2 Å². The summed E-state index contributed by atoms with van der Waals surface area (Å²) in [5, 5.41) is 16.2. The fourth-order valence-electron chi connectivity index (χ4n) is 0.612. The first-order chi connectivity index (χ1) is 9.62. The molecule has 116 valence electrons. The van der Waals surface area contributed by atoms with E-state index in [1.807, 2.05) is 0 Å². The Morgan fingerprint density at radius 2 is 1.30 bits per heavy atom. The number of carbonyl (C=O) groups excluding carboxylic acids is 2. The van der Waals surface area contributed by atoms with Crippen molar-refractivity contribution in [2.45, 2.75) is 0 Å². The molecule has 2 N–H and O–H groups in total. The van der Waals surface area contributed by atoms with Crippen molar-refractivity contribution >= 4 is 12.3 Å². The Morgan fingerprint density at radius 3 is 1.60 bits per heavy atom. The van der Waals surface area contributed by atoms with Gasteiger partial charge in [0.05, 0.1) is 26.4 Å². The van der Waals surface area contributed by atoms with Crippen LogP contribution in [0.5, 0.6) is 0 Å². The van der Waals surface area contributed by atoms with Crippen molar-refractivity contribution in [2.75, 3.05) is 39.6 Å². The minimum absolute atomic E-state index is 0.0203. The molecule has 0 radical (unpaired) electrons. The minimum atomic E-state index is -1.12. The van der Waals surface area contributed by atoms with Crippen LogP contribution in [0.2, 0.25) is 0 Å². The molecule has 0 fully saturated rings. The zero-order chi connectivity index (χ0) is 15.6. The van der Waals surface area contributed by atoms with E-state index in [9.17, 15) is 9.59 Å². The van der Waals surface area contributed by atoms with E-state index in [0.717, 1.165) is 0 Å². The van der Waals surface area contributed by atoms with E-state index in [1.54, 1.807) is 0 Å². The summed E-state index contributed by atoms with van der Waals surface area (Å²) in [5.74, 6) is 0. The second-order valence-corrected chi connectivity index (χ2v) is 2.86. The highest BCUT2D eigenvalue weighted by molar-refractivity contribution is 5.76. The molecule has 0 heterocycles. The van der Waals surface area contributed by atoms with Gasteiger partial charge in [0.15, 0.2) is 0 Å². The number of aliphatic hydroxyl groups excluding tert-OH is 2. The molecule has 0 saturated carbocycles. The Kier molecular flexibility index (Phi) is 17.5. The van der Waals surface area contributed by atoms with Gasteiger partial charge >= 0.3 is 12.3 Å². The van der Waals surface area contributed by atoms with Gasteiger partial charge in [0, 0.05) is 0 Å². The van der Waals surface area contributed by atoms with Crippen LogP contribution in [-0.2, 0) is 18.9 Å². The van der Waals surface area contributed by atoms with Gasteiger partial charge in [-0.3, -0.25) is 0 Å². The van der Waals surface area contributed by atoms with Crippen LogP contribution in [0.3, 0.4) is 0 Å². The van der Waals surface area contributed by atoms with Crippen LogP contribution in [-0.4, -0.2) is 62.2 Å². The summed E-state index contributed by atoms with van der Waals surface area (Å²) in [4.78, 5) is 21.1. The second kappa shape index (κ2) is 17.1. The Hall–Kier alpha value is -1.90. The van der Waals surface area contributed by atoms with Crippen molar-refractivity contribution in [3.05, 3.63) is 25.3 Å². The fraction of sp³-hybridized carbons (Fsp3) is 0.500. The number of hydrogen-bond acceptors (Lipinski definition) is 8. The lowest BCUT2D eigenvalue weighted by Gasteiger charge is -2.01. The lowest BCUT2D eigenvalue weighted by molar-refractivity contribution is 0.0457. The van der Waals surface area contributed by atoms with E-state index < -0.39 is 12.3 Å². The SMILES string of the molecule is C=CCOC(=O)OC(=O)OCC=C.OCCOCCO. The topological polar surface area (TPSA) is 112 Å². The average molecular weight is 292 g/mol. The van der Waals surface area contributed by atoms with Crippen LogP contribution >= 0.6 is 0 Å². The lowest BCUT2D eigenvalue weighted by atomic mass is 10.7. The minimum Gasteiger partial charge on any atom is -0.430 e. The van der Waals surface area contributed by atoms with Crippen molar-refractivity contribution in [3.63, 3.8) is 0 Å². The molecule has 8 nitrogen and oxygen atoms in total. The first-order valence-electron chi connectivity index (χ1n) is 5.64.